The Kier molecular flexibility index (Phi) is 8.67. The monoisotopic (exact) mass is 487 g/mol. The van der Waals surface area contributed by atoms with Crippen molar-refractivity contribution in [3.63, 3.8) is 0 Å². The Labute approximate surface area is 212 Å². The minimum atomic E-state index is 0.383. The number of hydrogen-bond acceptors (Lipinski definition) is 6. The molecule has 188 valence electrons. The van der Waals surface area contributed by atoms with E-state index in [1.165, 1.54) is 0 Å². The molecular formula is C28H33N5O3. The molecule has 2 heterocycles. The standard InChI is InChI=1S/C26H27N5O3.C2H6/c1-16(2)21-15-28-26(29-19-13-22(32-4)25(34-6)23(14-19)33-5)30-31(21)17(3)20-11-7-9-18-10-8-12-27-24(18)20;1-2/h7-15H,3H2,1-2,4-6H3,(H,29,30);1-2H3. The van der Waals surface area contributed by atoms with Crippen molar-refractivity contribution in [2.24, 2.45) is 9.98 Å². The number of ether oxygens (including phenoxy) is 3. The Bertz CT molecular complexity index is 1310. The molecule has 0 fully saturated rings. The molecule has 36 heavy (non-hydrogen) atoms. The van der Waals surface area contributed by atoms with Crippen LogP contribution in [0.15, 0.2) is 76.5 Å². The number of nitrogens with one attached hydrogen (secondary N) is 1. The van der Waals surface area contributed by atoms with Crippen LogP contribution >= 0.6 is 0 Å². The van der Waals surface area contributed by atoms with E-state index in [2.05, 4.69) is 27.0 Å². The SMILES string of the molecule is C=C(c1cccc2cccnc12)N1NC(=Nc2cc(OC)c(OC)c(OC)c2)N=CC1=C(C)C.CC. The van der Waals surface area contributed by atoms with Crippen molar-refractivity contribution in [2.45, 2.75) is 27.7 Å². The first-order valence-electron chi connectivity index (χ1n) is 11.7. The van der Waals surface area contributed by atoms with Crippen LogP contribution in [-0.2, 0) is 0 Å². The minimum absolute atomic E-state index is 0.383. The maximum absolute atomic E-state index is 5.44. The number of methoxy groups -OCH3 is 3. The number of guanidine groups is 1. The summed E-state index contributed by atoms with van der Waals surface area (Å²) in [7, 11) is 4.69. The molecule has 0 radical (unpaired) electrons. The van der Waals surface area contributed by atoms with E-state index in [0.29, 0.717) is 28.9 Å². The van der Waals surface area contributed by atoms with E-state index in [-0.39, 0.29) is 0 Å². The fourth-order valence-corrected chi connectivity index (χ4v) is 3.70. The Morgan fingerprint density at radius 1 is 0.972 bits per heavy atom. The number of allylic oxidation sites excluding steroid dienone is 2. The highest BCUT2D eigenvalue weighted by molar-refractivity contribution is 6.00. The minimum Gasteiger partial charge on any atom is -0.493 e. The van der Waals surface area contributed by atoms with Crippen molar-refractivity contribution < 1.29 is 14.2 Å². The fourth-order valence-electron chi connectivity index (χ4n) is 3.70. The van der Waals surface area contributed by atoms with E-state index < -0.39 is 0 Å². The van der Waals surface area contributed by atoms with Crippen LogP contribution in [0.25, 0.3) is 16.6 Å². The number of hydrogen-bond donors (Lipinski definition) is 1. The average molecular weight is 488 g/mol. The van der Waals surface area contributed by atoms with E-state index in [1.54, 1.807) is 45.9 Å². The van der Waals surface area contributed by atoms with Gasteiger partial charge in [-0.15, -0.1) is 0 Å². The molecule has 8 nitrogen and oxygen atoms in total. The van der Waals surface area contributed by atoms with Gasteiger partial charge >= 0.3 is 0 Å². The summed E-state index contributed by atoms with van der Waals surface area (Å²) in [5.74, 6) is 1.90. The van der Waals surface area contributed by atoms with Gasteiger partial charge < -0.3 is 14.2 Å². The van der Waals surface area contributed by atoms with Crippen LogP contribution in [0, 0.1) is 0 Å². The van der Waals surface area contributed by atoms with Crippen LogP contribution in [0.4, 0.5) is 5.69 Å². The number of benzene rings is 2. The van der Waals surface area contributed by atoms with Gasteiger partial charge in [0, 0.05) is 29.3 Å². The summed E-state index contributed by atoms with van der Waals surface area (Å²) < 4.78 is 16.3. The number of para-hydroxylation sites is 1. The zero-order valence-electron chi connectivity index (χ0n) is 21.9. The topological polar surface area (TPSA) is 80.6 Å². The molecule has 1 N–H and O–H groups in total. The maximum atomic E-state index is 5.44. The molecule has 4 rings (SSSR count). The van der Waals surface area contributed by atoms with Crippen molar-refractivity contribution in [3.8, 4) is 17.2 Å². The van der Waals surface area contributed by atoms with Gasteiger partial charge in [0.25, 0.3) is 0 Å². The fraction of sp³-hybridized carbons (Fsp3) is 0.250. The van der Waals surface area contributed by atoms with Gasteiger partial charge in [0.2, 0.25) is 11.7 Å². The average Bonchev–Trinajstić information content (AvgIpc) is 2.92. The third-order valence-corrected chi connectivity index (χ3v) is 5.37. The lowest BCUT2D eigenvalue weighted by atomic mass is 10.1. The third-order valence-electron chi connectivity index (χ3n) is 5.37. The van der Waals surface area contributed by atoms with Crippen molar-refractivity contribution in [1.29, 1.82) is 0 Å². The lowest BCUT2D eigenvalue weighted by Crippen LogP contribution is -2.43. The smallest absolute Gasteiger partial charge is 0.242 e. The van der Waals surface area contributed by atoms with E-state index >= 15 is 0 Å². The quantitative estimate of drug-likeness (QED) is 0.450. The van der Waals surface area contributed by atoms with Gasteiger partial charge in [0.15, 0.2) is 11.5 Å². The molecule has 1 aromatic heterocycles. The lowest BCUT2D eigenvalue weighted by Gasteiger charge is -2.32. The van der Waals surface area contributed by atoms with Crippen LogP contribution in [0.5, 0.6) is 17.2 Å². The van der Waals surface area contributed by atoms with E-state index in [9.17, 15) is 0 Å². The van der Waals surface area contributed by atoms with Crippen molar-refractivity contribution >= 4 is 34.5 Å². The molecule has 1 aliphatic heterocycles. The normalized spacial score (nSPS) is 13.6. The summed E-state index contributed by atoms with van der Waals surface area (Å²) in [4.78, 5) is 13.8. The van der Waals surface area contributed by atoms with Crippen molar-refractivity contribution in [2.75, 3.05) is 21.3 Å². The van der Waals surface area contributed by atoms with Crippen LogP contribution < -0.4 is 19.6 Å². The largest absolute Gasteiger partial charge is 0.493 e. The molecule has 0 atom stereocenters. The maximum Gasteiger partial charge on any atom is 0.242 e. The first-order chi connectivity index (χ1) is 17.5. The third kappa shape index (κ3) is 5.33. The molecule has 0 unspecified atom stereocenters. The Hall–Kier alpha value is -4.33. The lowest BCUT2D eigenvalue weighted by molar-refractivity contribution is 0.324. The Morgan fingerprint density at radius 3 is 2.25 bits per heavy atom. The van der Waals surface area contributed by atoms with E-state index in [1.807, 2.05) is 63.0 Å². The van der Waals surface area contributed by atoms with Crippen molar-refractivity contribution in [3.05, 3.63) is 72.1 Å². The van der Waals surface area contributed by atoms with E-state index in [4.69, 9.17) is 14.2 Å². The molecule has 8 heteroatoms. The van der Waals surface area contributed by atoms with Crippen LogP contribution in [0.1, 0.15) is 33.3 Å². The zero-order chi connectivity index (χ0) is 26.2. The summed E-state index contributed by atoms with van der Waals surface area (Å²) in [5, 5.41) is 2.92. The zero-order valence-corrected chi connectivity index (χ0v) is 21.9. The summed E-state index contributed by atoms with van der Waals surface area (Å²) in [6.45, 7) is 12.4. The predicted molar refractivity (Wildman–Crippen MR) is 147 cm³/mol. The van der Waals surface area contributed by atoms with Crippen LogP contribution in [0.2, 0.25) is 0 Å². The number of aromatic nitrogens is 1. The number of nitrogens with zero attached hydrogens (tertiary/aromatic N) is 4. The van der Waals surface area contributed by atoms with Crippen LogP contribution in [0.3, 0.4) is 0 Å². The van der Waals surface area contributed by atoms with Gasteiger partial charge in [0.05, 0.1) is 50.1 Å². The van der Waals surface area contributed by atoms with Crippen LogP contribution in [-0.4, -0.2) is 43.5 Å². The van der Waals surface area contributed by atoms with Gasteiger partial charge in [0.1, 0.15) is 0 Å². The molecule has 1 aliphatic rings. The Morgan fingerprint density at radius 2 is 1.64 bits per heavy atom. The first-order valence-corrected chi connectivity index (χ1v) is 11.7. The van der Waals surface area contributed by atoms with Gasteiger partial charge in [-0.25, -0.2) is 9.98 Å². The Balaban J connectivity index is 0.00000176. The number of hydrazine groups is 1. The summed E-state index contributed by atoms with van der Waals surface area (Å²) in [5.41, 5.74) is 8.33. The second kappa shape index (κ2) is 11.9. The number of aliphatic imine (C=N–C) groups is 2. The number of fused-ring (bicyclic) bond motifs is 1. The molecule has 2 aromatic carbocycles. The summed E-state index contributed by atoms with van der Waals surface area (Å²) in [6.07, 6.45) is 3.55. The van der Waals surface area contributed by atoms with Gasteiger partial charge in [-0.3, -0.25) is 15.4 Å². The molecule has 0 amide bonds. The van der Waals surface area contributed by atoms with Gasteiger partial charge in [-0.2, -0.15) is 0 Å². The molecule has 0 bridgehead atoms. The molecular weight excluding hydrogens is 454 g/mol. The van der Waals surface area contributed by atoms with E-state index in [0.717, 1.165) is 33.4 Å². The highest BCUT2D eigenvalue weighted by Crippen LogP contribution is 2.41. The van der Waals surface area contributed by atoms with Gasteiger partial charge in [-0.05, 0) is 25.5 Å². The highest BCUT2D eigenvalue weighted by Gasteiger charge is 2.22. The molecule has 3 aromatic rings. The predicted octanol–water partition coefficient (Wildman–Crippen LogP) is 6.13. The summed E-state index contributed by atoms with van der Waals surface area (Å²) in [6, 6.07) is 13.5. The molecule has 0 saturated carbocycles. The molecule has 0 aliphatic carbocycles. The first kappa shape index (κ1) is 26.3. The van der Waals surface area contributed by atoms with Gasteiger partial charge in [-0.1, -0.05) is 44.7 Å². The summed E-state index contributed by atoms with van der Waals surface area (Å²) >= 11 is 0. The second-order valence-corrected chi connectivity index (χ2v) is 7.74. The second-order valence-electron chi connectivity index (χ2n) is 7.74. The van der Waals surface area contributed by atoms with Crippen molar-refractivity contribution in [1.82, 2.24) is 15.4 Å². The number of pyridine rings is 1. The molecule has 0 saturated heterocycles. The number of rotatable bonds is 6. The highest BCUT2D eigenvalue weighted by atomic mass is 16.5. The molecule has 0 spiro atoms.